The summed E-state index contributed by atoms with van der Waals surface area (Å²) >= 11 is 0. The molecule has 2 amide bonds. The lowest BCUT2D eigenvalue weighted by Crippen LogP contribution is -2.31. The lowest BCUT2D eigenvalue weighted by molar-refractivity contribution is -0.123. The summed E-state index contributed by atoms with van der Waals surface area (Å²) in [6, 6.07) is 10.9. The molecule has 1 heterocycles. The predicted molar refractivity (Wildman–Crippen MR) is 96.3 cm³/mol. The monoisotopic (exact) mass is 355 g/mol. The van der Waals surface area contributed by atoms with Gasteiger partial charge in [0.05, 0.1) is 18.0 Å². The van der Waals surface area contributed by atoms with Crippen LogP contribution < -0.4 is 10.6 Å². The maximum Gasteiger partial charge on any atom is 0.412 e. The SMILES string of the molecule is C[C@H](OC(=O)Nc1ccccc1)C(=O)Nc1cnn(CCCCC#N)c1. The quantitative estimate of drug-likeness (QED) is 0.707. The van der Waals surface area contributed by atoms with Crippen LogP contribution in [0.15, 0.2) is 42.7 Å². The van der Waals surface area contributed by atoms with Gasteiger partial charge in [-0.15, -0.1) is 0 Å². The molecule has 2 N–H and O–H groups in total. The summed E-state index contributed by atoms with van der Waals surface area (Å²) in [7, 11) is 0. The van der Waals surface area contributed by atoms with Crippen molar-refractivity contribution in [2.45, 2.75) is 38.8 Å². The van der Waals surface area contributed by atoms with E-state index in [2.05, 4.69) is 21.8 Å². The van der Waals surface area contributed by atoms with Crippen LogP contribution in [-0.2, 0) is 16.1 Å². The molecular formula is C18H21N5O3. The van der Waals surface area contributed by atoms with E-state index in [1.807, 2.05) is 6.07 Å². The van der Waals surface area contributed by atoms with Crippen LogP contribution in [0.3, 0.4) is 0 Å². The fourth-order valence-electron chi connectivity index (χ4n) is 2.16. The lowest BCUT2D eigenvalue weighted by Gasteiger charge is -2.13. The molecule has 8 heteroatoms. The number of carbonyl (C=O) groups excluding carboxylic acids is 2. The van der Waals surface area contributed by atoms with Gasteiger partial charge < -0.3 is 10.1 Å². The third-order valence-corrected chi connectivity index (χ3v) is 3.50. The van der Waals surface area contributed by atoms with Crippen molar-refractivity contribution >= 4 is 23.4 Å². The number of aryl methyl sites for hydroxylation is 1. The van der Waals surface area contributed by atoms with E-state index < -0.39 is 18.1 Å². The first kappa shape index (κ1) is 19.0. The number of nitrogens with one attached hydrogen (secondary N) is 2. The average molecular weight is 355 g/mol. The molecule has 0 unspecified atom stereocenters. The number of aromatic nitrogens is 2. The highest BCUT2D eigenvalue weighted by Crippen LogP contribution is 2.09. The Bertz CT molecular complexity index is 767. The summed E-state index contributed by atoms with van der Waals surface area (Å²) < 4.78 is 6.76. The second-order valence-corrected chi connectivity index (χ2v) is 5.64. The van der Waals surface area contributed by atoms with Crippen molar-refractivity contribution in [2.24, 2.45) is 0 Å². The number of nitriles is 1. The molecule has 1 aromatic carbocycles. The van der Waals surface area contributed by atoms with Crippen molar-refractivity contribution in [2.75, 3.05) is 10.6 Å². The highest BCUT2D eigenvalue weighted by Gasteiger charge is 2.18. The predicted octanol–water partition coefficient (Wildman–Crippen LogP) is 3.15. The van der Waals surface area contributed by atoms with Crippen LogP contribution in [0.2, 0.25) is 0 Å². The second-order valence-electron chi connectivity index (χ2n) is 5.64. The summed E-state index contributed by atoms with van der Waals surface area (Å²) in [5.41, 5.74) is 1.11. The van der Waals surface area contributed by atoms with Crippen LogP contribution in [0, 0.1) is 11.3 Å². The van der Waals surface area contributed by atoms with Gasteiger partial charge in [-0.3, -0.25) is 14.8 Å². The topological polar surface area (TPSA) is 109 Å². The number of ether oxygens (including phenoxy) is 1. The van der Waals surface area contributed by atoms with E-state index in [0.29, 0.717) is 24.3 Å². The Morgan fingerprint density at radius 3 is 2.73 bits per heavy atom. The van der Waals surface area contributed by atoms with Gasteiger partial charge >= 0.3 is 6.09 Å². The normalized spacial score (nSPS) is 11.2. The highest BCUT2D eigenvalue weighted by molar-refractivity contribution is 5.95. The molecule has 8 nitrogen and oxygen atoms in total. The van der Waals surface area contributed by atoms with Crippen LogP contribution in [0.1, 0.15) is 26.2 Å². The zero-order valence-electron chi connectivity index (χ0n) is 14.5. The molecule has 0 saturated heterocycles. The van der Waals surface area contributed by atoms with Crippen LogP contribution >= 0.6 is 0 Å². The molecule has 136 valence electrons. The number of hydrogen-bond acceptors (Lipinski definition) is 5. The minimum atomic E-state index is -0.960. The van der Waals surface area contributed by atoms with Gasteiger partial charge in [0.2, 0.25) is 0 Å². The van der Waals surface area contributed by atoms with Crippen molar-refractivity contribution in [1.82, 2.24) is 9.78 Å². The third kappa shape index (κ3) is 6.28. The van der Waals surface area contributed by atoms with Crippen LogP contribution in [-0.4, -0.2) is 27.9 Å². The number of benzene rings is 1. The maximum absolute atomic E-state index is 12.1. The van der Waals surface area contributed by atoms with E-state index in [1.165, 1.54) is 13.1 Å². The third-order valence-electron chi connectivity index (χ3n) is 3.50. The molecule has 26 heavy (non-hydrogen) atoms. The maximum atomic E-state index is 12.1. The fourth-order valence-corrected chi connectivity index (χ4v) is 2.16. The first-order valence-corrected chi connectivity index (χ1v) is 8.31. The largest absolute Gasteiger partial charge is 0.436 e. The number of anilines is 2. The van der Waals surface area contributed by atoms with E-state index in [9.17, 15) is 9.59 Å². The Balaban J connectivity index is 1.77. The van der Waals surface area contributed by atoms with Gasteiger partial charge in [-0.1, -0.05) is 18.2 Å². The van der Waals surface area contributed by atoms with Crippen molar-refractivity contribution in [3.8, 4) is 6.07 Å². The first-order valence-electron chi connectivity index (χ1n) is 8.31. The van der Waals surface area contributed by atoms with Gasteiger partial charge in [-0.25, -0.2) is 4.79 Å². The Labute approximate surface area is 151 Å². The van der Waals surface area contributed by atoms with Crippen molar-refractivity contribution in [1.29, 1.82) is 5.26 Å². The minimum Gasteiger partial charge on any atom is -0.436 e. The summed E-state index contributed by atoms with van der Waals surface area (Å²) in [5.74, 6) is -0.447. The standard InChI is InChI=1S/C18H21N5O3/c1-14(26-18(25)22-15-8-4-2-5-9-15)17(24)21-16-12-20-23(13-16)11-7-3-6-10-19/h2,4-5,8-9,12-14H,3,6-7,11H2,1H3,(H,21,24)(H,22,25)/t14-/m0/s1. The summed E-state index contributed by atoms with van der Waals surface area (Å²) in [4.78, 5) is 23.9. The number of nitrogens with zero attached hydrogens (tertiary/aromatic N) is 3. The van der Waals surface area contributed by atoms with E-state index >= 15 is 0 Å². The van der Waals surface area contributed by atoms with E-state index in [4.69, 9.17) is 10.00 Å². The molecule has 0 aliphatic heterocycles. The second kappa shape index (κ2) is 9.84. The van der Waals surface area contributed by atoms with E-state index in [-0.39, 0.29) is 0 Å². The molecule has 0 saturated carbocycles. The molecule has 1 aromatic heterocycles. The van der Waals surface area contributed by atoms with Gasteiger partial charge in [0, 0.05) is 24.8 Å². The first-order chi connectivity index (χ1) is 12.6. The zero-order valence-corrected chi connectivity index (χ0v) is 14.5. The van der Waals surface area contributed by atoms with Crippen LogP contribution in [0.4, 0.5) is 16.2 Å². The molecular weight excluding hydrogens is 334 g/mol. The Hall–Kier alpha value is -3.34. The molecule has 0 aliphatic rings. The molecule has 2 aromatic rings. The van der Waals surface area contributed by atoms with Crippen molar-refractivity contribution in [3.05, 3.63) is 42.7 Å². The lowest BCUT2D eigenvalue weighted by atomic mass is 10.2. The number of carbonyl (C=O) groups is 2. The zero-order chi connectivity index (χ0) is 18.8. The number of para-hydroxylation sites is 1. The van der Waals surface area contributed by atoms with Gasteiger partial charge in [-0.2, -0.15) is 10.4 Å². The summed E-state index contributed by atoms with van der Waals surface area (Å²) in [5, 5.41) is 17.8. The Morgan fingerprint density at radius 1 is 1.23 bits per heavy atom. The number of unbranched alkanes of at least 4 members (excludes halogenated alkanes) is 2. The Morgan fingerprint density at radius 2 is 2.00 bits per heavy atom. The fraction of sp³-hybridized carbons (Fsp3) is 0.333. The van der Waals surface area contributed by atoms with Crippen molar-refractivity contribution < 1.29 is 14.3 Å². The number of rotatable bonds is 8. The number of amides is 2. The van der Waals surface area contributed by atoms with E-state index in [0.717, 1.165) is 12.8 Å². The molecule has 2 rings (SSSR count). The van der Waals surface area contributed by atoms with Gasteiger partial charge in [0.25, 0.3) is 5.91 Å². The molecule has 0 spiro atoms. The molecule has 0 aliphatic carbocycles. The Kier molecular flexibility index (Phi) is 7.18. The minimum absolute atomic E-state index is 0.447. The van der Waals surface area contributed by atoms with Gasteiger partial charge in [0.15, 0.2) is 6.10 Å². The highest BCUT2D eigenvalue weighted by atomic mass is 16.6. The van der Waals surface area contributed by atoms with E-state index in [1.54, 1.807) is 35.1 Å². The number of hydrogen-bond donors (Lipinski definition) is 2. The summed E-state index contributed by atoms with van der Waals surface area (Å²) in [6.07, 6.45) is 3.72. The molecule has 0 fully saturated rings. The van der Waals surface area contributed by atoms with Gasteiger partial charge in [-0.05, 0) is 31.9 Å². The smallest absolute Gasteiger partial charge is 0.412 e. The average Bonchev–Trinajstić information content (AvgIpc) is 3.06. The molecule has 1 atom stereocenters. The molecule has 0 bridgehead atoms. The van der Waals surface area contributed by atoms with Crippen molar-refractivity contribution in [3.63, 3.8) is 0 Å². The summed E-state index contributed by atoms with van der Waals surface area (Å²) in [6.45, 7) is 2.16. The van der Waals surface area contributed by atoms with Crippen LogP contribution in [0.5, 0.6) is 0 Å². The molecule has 0 radical (unpaired) electrons. The van der Waals surface area contributed by atoms with Gasteiger partial charge in [0.1, 0.15) is 0 Å². The van der Waals surface area contributed by atoms with Crippen LogP contribution in [0.25, 0.3) is 0 Å².